The van der Waals surface area contributed by atoms with Crippen LogP contribution in [0.2, 0.25) is 0 Å². The number of nitrogens with one attached hydrogen (secondary N) is 2. The van der Waals surface area contributed by atoms with Gasteiger partial charge < -0.3 is 19.8 Å². The normalized spacial score (nSPS) is 19.0. The maximum Gasteiger partial charge on any atom is 0.321 e. The molecule has 5 heterocycles. The van der Waals surface area contributed by atoms with E-state index in [1.165, 1.54) is 7.11 Å². The number of aliphatic carboxylic acids is 1. The van der Waals surface area contributed by atoms with Crippen LogP contribution in [0.3, 0.4) is 0 Å². The number of carboxylic acid groups (broad SMARTS) is 1. The van der Waals surface area contributed by atoms with Gasteiger partial charge in [-0.2, -0.15) is 0 Å². The first-order valence-corrected chi connectivity index (χ1v) is 14.9. The summed E-state index contributed by atoms with van der Waals surface area (Å²) in [6, 6.07) is 6.04. The monoisotopic (exact) mass is 592 g/mol. The summed E-state index contributed by atoms with van der Waals surface area (Å²) in [4.78, 5) is 56.1. The Kier molecular flexibility index (Phi) is 7.14. The maximum atomic E-state index is 14.0. The predicted molar refractivity (Wildman–Crippen MR) is 170 cm³/mol. The summed E-state index contributed by atoms with van der Waals surface area (Å²) >= 11 is 0. The minimum absolute atomic E-state index is 0.0832. The van der Waals surface area contributed by atoms with Gasteiger partial charge in [0.15, 0.2) is 5.78 Å². The number of carbonyl (C=O) groups excluding carboxylic acids is 2. The molecule has 9 nitrogen and oxygen atoms in total. The third-order valence-corrected chi connectivity index (χ3v) is 9.57. The lowest BCUT2D eigenvalue weighted by atomic mass is 9.84. The summed E-state index contributed by atoms with van der Waals surface area (Å²) in [5.41, 5.74) is 11.7. The van der Waals surface area contributed by atoms with Crippen molar-refractivity contribution < 1.29 is 24.2 Å². The van der Waals surface area contributed by atoms with Gasteiger partial charge in [-0.3, -0.25) is 19.4 Å². The summed E-state index contributed by atoms with van der Waals surface area (Å²) in [5.74, 6) is -3.72. The van der Waals surface area contributed by atoms with Crippen molar-refractivity contribution in [2.75, 3.05) is 7.11 Å². The predicted octanol–water partition coefficient (Wildman–Crippen LogP) is 6.66. The Hall–Kier alpha value is -4.79. The van der Waals surface area contributed by atoms with Crippen molar-refractivity contribution in [3.63, 3.8) is 0 Å². The van der Waals surface area contributed by atoms with E-state index in [4.69, 9.17) is 14.7 Å². The first kappa shape index (κ1) is 29.3. The molecule has 0 unspecified atom stereocenters. The molecule has 6 rings (SSSR count). The summed E-state index contributed by atoms with van der Waals surface area (Å²) < 4.78 is 5.12. The van der Waals surface area contributed by atoms with Crippen molar-refractivity contribution in [2.45, 2.75) is 71.6 Å². The number of Topliss-reactive ketones (excluding diaryl/α,β-unsaturated/α-hetero) is 1. The number of carbonyl (C=O) groups is 3. The van der Waals surface area contributed by atoms with Gasteiger partial charge in [0.05, 0.1) is 24.2 Å². The number of aromatic amines is 2. The molecule has 3 aliphatic rings. The van der Waals surface area contributed by atoms with E-state index in [1.54, 1.807) is 0 Å². The molecule has 8 bridgehead atoms. The number of ether oxygens (including phenoxy) is 1. The third kappa shape index (κ3) is 4.32. The molecule has 1 aliphatic carbocycles. The fourth-order valence-electron chi connectivity index (χ4n) is 7.09. The number of carboxylic acids is 1. The number of rotatable bonds is 6. The first-order chi connectivity index (χ1) is 21.0. The van der Waals surface area contributed by atoms with Crippen LogP contribution < -0.4 is 0 Å². The molecule has 3 N–H and O–H groups in total. The number of esters is 1. The van der Waals surface area contributed by atoms with Crippen molar-refractivity contribution >= 4 is 57.0 Å². The molecule has 0 fully saturated rings. The third-order valence-electron chi connectivity index (χ3n) is 9.57. The van der Waals surface area contributed by atoms with Gasteiger partial charge in [-0.1, -0.05) is 26.5 Å². The second-order valence-corrected chi connectivity index (χ2v) is 11.9. The van der Waals surface area contributed by atoms with Crippen LogP contribution in [0.4, 0.5) is 0 Å². The number of H-pyrrole nitrogens is 2. The van der Waals surface area contributed by atoms with Gasteiger partial charge in [-0.15, -0.1) is 0 Å². The topological polar surface area (TPSA) is 138 Å². The van der Waals surface area contributed by atoms with Crippen LogP contribution in [0, 0.1) is 13.8 Å². The van der Waals surface area contributed by atoms with E-state index in [9.17, 15) is 19.5 Å². The molecular weight excluding hydrogens is 556 g/mol. The fourth-order valence-corrected chi connectivity index (χ4v) is 7.09. The van der Waals surface area contributed by atoms with Gasteiger partial charge in [0, 0.05) is 62.7 Å². The molecule has 44 heavy (non-hydrogen) atoms. The smallest absolute Gasteiger partial charge is 0.321 e. The highest BCUT2D eigenvalue weighted by Crippen LogP contribution is 2.50. The summed E-state index contributed by atoms with van der Waals surface area (Å²) in [7, 11) is 1.26. The van der Waals surface area contributed by atoms with Crippen LogP contribution in [0.1, 0.15) is 102 Å². The zero-order valence-corrected chi connectivity index (χ0v) is 25.8. The average molecular weight is 593 g/mol. The number of methoxy groups -OCH3 is 1. The molecule has 3 aromatic rings. The number of ketones is 1. The highest BCUT2D eigenvalue weighted by molar-refractivity contribution is 6.38. The molecule has 0 radical (unpaired) electrons. The molecule has 0 saturated heterocycles. The Morgan fingerprint density at radius 3 is 2.41 bits per heavy atom. The average Bonchev–Trinajstić information content (AvgIpc) is 3.72. The van der Waals surface area contributed by atoms with Crippen molar-refractivity contribution in [1.82, 2.24) is 19.9 Å². The number of aromatic nitrogens is 4. The minimum Gasteiger partial charge on any atom is -0.481 e. The molecular formula is C35H36N4O5. The van der Waals surface area contributed by atoms with Crippen molar-refractivity contribution in [2.24, 2.45) is 0 Å². The highest BCUT2D eigenvalue weighted by Gasteiger charge is 2.48. The molecule has 9 heteroatoms. The molecule has 0 aromatic carbocycles. The molecule has 0 amide bonds. The SMILES string of the molecule is C=Cc1c(C)c2cc3nc(c4c5nc(cc6[nH]c(cc1[nH]2)c(C)c6CC)C(C)=C5C(=O)[C@@H]4C(=O)OC)[C@@H](CCC(=O)O)[C@@H]3C. The summed E-state index contributed by atoms with van der Waals surface area (Å²) in [6.45, 7) is 14.1. The number of hydrogen-bond acceptors (Lipinski definition) is 6. The molecule has 0 saturated carbocycles. The zero-order chi connectivity index (χ0) is 31.6. The number of nitrogens with zero attached hydrogens (tertiary/aromatic N) is 2. The van der Waals surface area contributed by atoms with E-state index >= 15 is 0 Å². The van der Waals surface area contributed by atoms with Crippen LogP contribution in [-0.4, -0.2) is 49.9 Å². The molecule has 226 valence electrons. The Morgan fingerprint density at radius 2 is 1.75 bits per heavy atom. The van der Waals surface area contributed by atoms with Gasteiger partial charge in [0.1, 0.15) is 5.92 Å². The highest BCUT2D eigenvalue weighted by atomic mass is 16.5. The van der Waals surface area contributed by atoms with E-state index in [-0.39, 0.29) is 30.5 Å². The van der Waals surface area contributed by atoms with E-state index in [2.05, 4.69) is 36.5 Å². The minimum atomic E-state index is -1.21. The van der Waals surface area contributed by atoms with Gasteiger partial charge in [-0.25, -0.2) is 4.98 Å². The van der Waals surface area contributed by atoms with E-state index < -0.39 is 17.9 Å². The van der Waals surface area contributed by atoms with Gasteiger partial charge >= 0.3 is 11.9 Å². The van der Waals surface area contributed by atoms with Crippen LogP contribution >= 0.6 is 0 Å². The van der Waals surface area contributed by atoms with Crippen LogP contribution in [0.15, 0.2) is 24.8 Å². The van der Waals surface area contributed by atoms with Crippen LogP contribution in [-0.2, 0) is 25.5 Å². The number of hydrogen-bond donors (Lipinski definition) is 3. The molecule has 3 atom stereocenters. The Balaban J connectivity index is 1.82. The molecule has 3 aromatic heterocycles. The van der Waals surface area contributed by atoms with Crippen molar-refractivity contribution in [3.05, 3.63) is 75.4 Å². The Labute approximate surface area is 255 Å². The lowest BCUT2D eigenvalue weighted by Gasteiger charge is -2.18. The number of aryl methyl sites for hydroxylation is 3. The Morgan fingerprint density at radius 1 is 1.05 bits per heavy atom. The van der Waals surface area contributed by atoms with E-state index in [0.717, 1.165) is 56.4 Å². The zero-order valence-electron chi connectivity index (χ0n) is 25.8. The van der Waals surface area contributed by atoms with Gasteiger partial charge in [0.2, 0.25) is 0 Å². The summed E-state index contributed by atoms with van der Waals surface area (Å²) in [6.07, 6.45) is 2.83. The van der Waals surface area contributed by atoms with Gasteiger partial charge in [-0.05, 0) is 74.1 Å². The quantitative estimate of drug-likeness (QED) is 0.215. The standard InChI is InChI=1S/C35H36N4O5/c1-8-19-15(3)22-12-24-17(5)21(10-11-28(40)41)32(38-24)30-31(35(43)44-7)34(42)29-18(6)25(39-33(29)30)14-27-20(9-2)16(4)23(37-27)13-26(19)36-22/h8,12-14,17,21,31,36-37H,1,9-11H2,2-7H3,(H,40,41)/t17-,21-,31+/m0/s1. The maximum absolute atomic E-state index is 14.0. The van der Waals surface area contributed by atoms with Gasteiger partial charge in [0.25, 0.3) is 0 Å². The molecule has 2 aliphatic heterocycles. The second kappa shape index (κ2) is 10.7. The lowest BCUT2D eigenvalue weighted by molar-refractivity contribution is -0.144. The summed E-state index contributed by atoms with van der Waals surface area (Å²) in [5, 5.41) is 9.59. The van der Waals surface area contributed by atoms with Crippen LogP contribution in [0.25, 0.3) is 39.3 Å². The van der Waals surface area contributed by atoms with Crippen molar-refractivity contribution in [1.29, 1.82) is 0 Å². The van der Waals surface area contributed by atoms with E-state index in [1.807, 2.05) is 39.0 Å². The lowest BCUT2D eigenvalue weighted by Crippen LogP contribution is -2.21. The van der Waals surface area contributed by atoms with Crippen LogP contribution in [0.5, 0.6) is 0 Å². The largest absolute Gasteiger partial charge is 0.481 e. The van der Waals surface area contributed by atoms with E-state index in [0.29, 0.717) is 33.8 Å². The van der Waals surface area contributed by atoms with Crippen molar-refractivity contribution in [3.8, 4) is 0 Å². The second-order valence-electron chi connectivity index (χ2n) is 11.9. The first-order valence-electron chi connectivity index (χ1n) is 14.9. The molecule has 0 spiro atoms. The fraction of sp³-hybridized carbons (Fsp3) is 0.343. The number of fused-ring (bicyclic) bond motifs is 8. The number of allylic oxidation sites excluding steroid dienone is 2. The Bertz CT molecular complexity index is 1990.